The molecule has 2 fully saturated rings. The first-order valence-corrected chi connectivity index (χ1v) is 14.4. The highest BCUT2D eigenvalue weighted by atomic mass is 35.5. The maximum absolute atomic E-state index is 13.4. The smallest absolute Gasteiger partial charge is 0.253 e. The lowest BCUT2D eigenvalue weighted by Gasteiger charge is -2.44. The SMILES string of the molecule is CC(c1ccc(Cl)cc1)N1CCC(N2CCN(c3ncc(C(=O)NCc4ccc(F)c(F)c4)cc3Cl)CC2)CC1. The van der Waals surface area contributed by atoms with Crippen LogP contribution >= 0.6 is 23.2 Å². The first kappa shape index (κ1) is 28.7. The monoisotopic (exact) mass is 587 g/mol. The highest BCUT2D eigenvalue weighted by Gasteiger charge is 2.30. The number of piperazine rings is 1. The van der Waals surface area contributed by atoms with Gasteiger partial charge >= 0.3 is 0 Å². The molecule has 10 heteroatoms. The Bertz CT molecular complexity index is 1330. The van der Waals surface area contributed by atoms with Gasteiger partial charge in [0.15, 0.2) is 11.6 Å². The number of rotatable bonds is 7. The van der Waals surface area contributed by atoms with Crippen molar-refractivity contribution in [3.05, 3.63) is 93.1 Å². The lowest BCUT2D eigenvalue weighted by atomic mass is 9.98. The lowest BCUT2D eigenvalue weighted by molar-refractivity contribution is 0.0839. The van der Waals surface area contributed by atoms with E-state index in [1.165, 1.54) is 17.8 Å². The first-order chi connectivity index (χ1) is 19.3. The molecule has 2 aromatic carbocycles. The normalized spacial score (nSPS) is 18.1. The van der Waals surface area contributed by atoms with E-state index < -0.39 is 11.6 Å². The molecule has 2 saturated heterocycles. The fourth-order valence-corrected chi connectivity index (χ4v) is 6.02. The summed E-state index contributed by atoms with van der Waals surface area (Å²) in [6.45, 7) is 7.98. The molecule has 40 heavy (non-hydrogen) atoms. The van der Waals surface area contributed by atoms with Gasteiger partial charge in [-0.05, 0) is 61.2 Å². The van der Waals surface area contributed by atoms with Crippen LogP contribution in [0, 0.1) is 11.6 Å². The second-order valence-corrected chi connectivity index (χ2v) is 11.3. The Kier molecular flexibility index (Phi) is 9.20. The summed E-state index contributed by atoms with van der Waals surface area (Å²) in [6, 6.07) is 14.2. The van der Waals surface area contributed by atoms with Crippen molar-refractivity contribution < 1.29 is 13.6 Å². The summed E-state index contributed by atoms with van der Waals surface area (Å²) in [6.07, 6.45) is 3.79. The zero-order valence-electron chi connectivity index (χ0n) is 22.4. The van der Waals surface area contributed by atoms with Crippen LogP contribution in [-0.4, -0.2) is 66.0 Å². The molecule has 6 nitrogen and oxygen atoms in total. The molecule has 0 spiro atoms. The predicted octanol–water partition coefficient (Wildman–Crippen LogP) is 5.94. The van der Waals surface area contributed by atoms with Gasteiger partial charge in [0.25, 0.3) is 5.91 Å². The Morgan fingerprint density at radius 2 is 1.68 bits per heavy atom. The summed E-state index contributed by atoms with van der Waals surface area (Å²) in [7, 11) is 0. The maximum Gasteiger partial charge on any atom is 0.253 e. The average Bonchev–Trinajstić information content (AvgIpc) is 2.98. The molecule has 212 valence electrons. The number of likely N-dealkylation sites (tertiary alicyclic amines) is 1. The third-order valence-electron chi connectivity index (χ3n) is 8.05. The average molecular weight is 589 g/mol. The second-order valence-electron chi connectivity index (χ2n) is 10.5. The van der Waals surface area contributed by atoms with Crippen LogP contribution in [-0.2, 0) is 6.54 Å². The van der Waals surface area contributed by atoms with Crippen LogP contribution in [0.3, 0.4) is 0 Å². The molecule has 1 amide bonds. The summed E-state index contributed by atoms with van der Waals surface area (Å²) in [5, 5.41) is 3.88. The van der Waals surface area contributed by atoms with Gasteiger partial charge in [-0.2, -0.15) is 0 Å². The quantitative estimate of drug-likeness (QED) is 0.370. The van der Waals surface area contributed by atoms with Crippen molar-refractivity contribution in [1.82, 2.24) is 20.1 Å². The molecule has 5 rings (SSSR count). The van der Waals surface area contributed by atoms with Gasteiger partial charge in [-0.15, -0.1) is 0 Å². The number of benzene rings is 2. The Labute approximate surface area is 243 Å². The summed E-state index contributed by atoms with van der Waals surface area (Å²) in [4.78, 5) is 24.4. The number of nitrogens with zero attached hydrogens (tertiary/aromatic N) is 4. The molecule has 3 heterocycles. The van der Waals surface area contributed by atoms with Crippen LogP contribution in [0.15, 0.2) is 54.7 Å². The fourth-order valence-electron chi connectivity index (χ4n) is 5.61. The van der Waals surface area contributed by atoms with Crippen LogP contribution in [0.5, 0.6) is 0 Å². The van der Waals surface area contributed by atoms with Crippen LogP contribution in [0.25, 0.3) is 0 Å². The van der Waals surface area contributed by atoms with Crippen LogP contribution in [0.2, 0.25) is 10.0 Å². The number of hydrogen-bond acceptors (Lipinski definition) is 5. The third kappa shape index (κ3) is 6.74. The van der Waals surface area contributed by atoms with Crippen LogP contribution < -0.4 is 10.2 Å². The van der Waals surface area contributed by atoms with E-state index in [0.29, 0.717) is 34.1 Å². The van der Waals surface area contributed by atoms with Crippen molar-refractivity contribution in [3.8, 4) is 0 Å². The van der Waals surface area contributed by atoms with Gasteiger partial charge in [-0.25, -0.2) is 13.8 Å². The molecule has 3 aromatic rings. The van der Waals surface area contributed by atoms with Gasteiger partial charge in [-0.1, -0.05) is 41.4 Å². The third-order valence-corrected chi connectivity index (χ3v) is 8.58. The molecule has 0 radical (unpaired) electrons. The van der Waals surface area contributed by atoms with E-state index in [1.54, 1.807) is 6.07 Å². The minimum absolute atomic E-state index is 0.0658. The largest absolute Gasteiger partial charge is 0.353 e. The number of piperidine rings is 1. The summed E-state index contributed by atoms with van der Waals surface area (Å²) in [5.74, 6) is -1.58. The molecule has 1 N–H and O–H groups in total. The molecule has 2 aliphatic heterocycles. The zero-order valence-corrected chi connectivity index (χ0v) is 23.9. The second kappa shape index (κ2) is 12.8. The van der Waals surface area contributed by atoms with E-state index >= 15 is 0 Å². The standard InChI is InChI=1S/C30H33Cl2F2N5O/c1-20(22-3-5-24(31)6-4-22)37-10-8-25(9-11-37)38-12-14-39(15-13-38)29-26(32)17-23(19-35-29)30(40)36-18-21-2-7-27(33)28(34)16-21/h2-7,16-17,19-20,25H,8-15,18H2,1H3,(H,36,40). The number of hydrogen-bond donors (Lipinski definition) is 1. The van der Waals surface area contributed by atoms with Gasteiger partial charge in [0.05, 0.1) is 10.6 Å². The molecule has 1 atom stereocenters. The Morgan fingerprint density at radius 1 is 0.975 bits per heavy atom. The van der Waals surface area contributed by atoms with Crippen molar-refractivity contribution in [2.45, 2.75) is 38.4 Å². The zero-order chi connectivity index (χ0) is 28.2. The highest BCUT2D eigenvalue weighted by Crippen LogP contribution is 2.29. The molecule has 0 aliphatic carbocycles. The van der Waals surface area contributed by atoms with E-state index in [0.717, 1.165) is 69.3 Å². The number of amides is 1. The van der Waals surface area contributed by atoms with E-state index in [4.69, 9.17) is 23.2 Å². The van der Waals surface area contributed by atoms with Gasteiger partial charge < -0.3 is 10.2 Å². The Hall–Kier alpha value is -2.78. The molecule has 1 aromatic heterocycles. The minimum atomic E-state index is -0.949. The van der Waals surface area contributed by atoms with Crippen LogP contribution in [0.1, 0.15) is 47.3 Å². The van der Waals surface area contributed by atoms with Gasteiger partial charge in [0, 0.05) is 69.1 Å². The van der Waals surface area contributed by atoms with Crippen molar-refractivity contribution in [1.29, 1.82) is 0 Å². The van der Waals surface area contributed by atoms with E-state index in [2.05, 4.69) is 44.1 Å². The van der Waals surface area contributed by atoms with Crippen molar-refractivity contribution in [2.75, 3.05) is 44.2 Å². The minimum Gasteiger partial charge on any atom is -0.353 e. The van der Waals surface area contributed by atoms with E-state index in [1.807, 2.05) is 12.1 Å². The summed E-state index contributed by atoms with van der Waals surface area (Å²) >= 11 is 12.6. The number of carbonyl (C=O) groups is 1. The molecular weight excluding hydrogens is 555 g/mol. The number of carbonyl (C=O) groups excluding carboxylic acids is 1. The number of pyridine rings is 1. The topological polar surface area (TPSA) is 51.7 Å². The molecular formula is C30H33Cl2F2N5O. The predicted molar refractivity (Wildman–Crippen MR) is 155 cm³/mol. The molecule has 0 saturated carbocycles. The Morgan fingerprint density at radius 3 is 2.33 bits per heavy atom. The summed E-state index contributed by atoms with van der Waals surface area (Å²) < 4.78 is 26.5. The van der Waals surface area contributed by atoms with Gasteiger partial charge in [-0.3, -0.25) is 14.6 Å². The van der Waals surface area contributed by atoms with Crippen molar-refractivity contribution in [3.63, 3.8) is 0 Å². The molecule has 0 bridgehead atoms. The van der Waals surface area contributed by atoms with E-state index in [9.17, 15) is 13.6 Å². The number of nitrogens with one attached hydrogen (secondary N) is 1. The highest BCUT2D eigenvalue weighted by molar-refractivity contribution is 6.33. The number of aromatic nitrogens is 1. The number of anilines is 1. The van der Waals surface area contributed by atoms with Crippen LogP contribution in [0.4, 0.5) is 14.6 Å². The first-order valence-electron chi connectivity index (χ1n) is 13.6. The summed E-state index contributed by atoms with van der Waals surface area (Å²) in [5.41, 5.74) is 2.07. The Balaban J connectivity index is 1.10. The molecule has 2 aliphatic rings. The number of halogens is 4. The maximum atomic E-state index is 13.4. The molecule has 1 unspecified atom stereocenters. The van der Waals surface area contributed by atoms with E-state index in [-0.39, 0.29) is 12.5 Å². The van der Waals surface area contributed by atoms with Gasteiger partial charge in [0.2, 0.25) is 0 Å². The lowest BCUT2D eigenvalue weighted by Crippen LogP contribution is -2.53. The fraction of sp³-hybridized carbons (Fsp3) is 0.400. The van der Waals surface area contributed by atoms with Gasteiger partial charge in [0.1, 0.15) is 5.82 Å². The van der Waals surface area contributed by atoms with Crippen molar-refractivity contribution >= 4 is 34.9 Å². The van der Waals surface area contributed by atoms with Crippen molar-refractivity contribution in [2.24, 2.45) is 0 Å².